The van der Waals surface area contributed by atoms with Crippen molar-refractivity contribution in [1.82, 2.24) is 0 Å². The SMILES string of the molecule is CCCCCCCOC(=O)C1CCC(CO)CC1. The highest BCUT2D eigenvalue weighted by atomic mass is 16.5. The van der Waals surface area contributed by atoms with Crippen molar-refractivity contribution in [3.05, 3.63) is 0 Å². The van der Waals surface area contributed by atoms with E-state index in [1.807, 2.05) is 0 Å². The Bertz CT molecular complexity index is 220. The second-order valence-corrected chi connectivity index (χ2v) is 5.48. The monoisotopic (exact) mass is 256 g/mol. The Morgan fingerprint density at radius 1 is 1.11 bits per heavy atom. The average molecular weight is 256 g/mol. The minimum atomic E-state index is -0.0121. The van der Waals surface area contributed by atoms with Crippen molar-refractivity contribution in [3.63, 3.8) is 0 Å². The van der Waals surface area contributed by atoms with Gasteiger partial charge in [-0.2, -0.15) is 0 Å². The van der Waals surface area contributed by atoms with Crippen LogP contribution in [0.15, 0.2) is 0 Å². The quantitative estimate of drug-likeness (QED) is 0.535. The zero-order valence-corrected chi connectivity index (χ0v) is 11.7. The maximum atomic E-state index is 11.8. The van der Waals surface area contributed by atoms with Crippen LogP contribution in [0.1, 0.15) is 64.7 Å². The summed E-state index contributed by atoms with van der Waals surface area (Å²) in [5, 5.41) is 9.04. The van der Waals surface area contributed by atoms with E-state index in [0.717, 1.165) is 32.1 Å². The summed E-state index contributed by atoms with van der Waals surface area (Å²) in [5.41, 5.74) is 0. The molecule has 0 amide bonds. The smallest absolute Gasteiger partial charge is 0.308 e. The van der Waals surface area contributed by atoms with Gasteiger partial charge in [-0.1, -0.05) is 32.6 Å². The average Bonchev–Trinajstić information content (AvgIpc) is 2.42. The third-order valence-electron chi connectivity index (χ3n) is 3.93. The van der Waals surface area contributed by atoms with Gasteiger partial charge in [-0.3, -0.25) is 4.79 Å². The van der Waals surface area contributed by atoms with Gasteiger partial charge in [-0.15, -0.1) is 0 Å². The molecule has 106 valence electrons. The largest absolute Gasteiger partial charge is 0.465 e. The normalized spacial score (nSPS) is 23.9. The van der Waals surface area contributed by atoms with Crippen molar-refractivity contribution in [1.29, 1.82) is 0 Å². The Kier molecular flexibility index (Phi) is 8.06. The van der Waals surface area contributed by atoms with Crippen LogP contribution >= 0.6 is 0 Å². The van der Waals surface area contributed by atoms with Crippen molar-refractivity contribution >= 4 is 5.97 Å². The molecule has 0 aromatic heterocycles. The lowest BCUT2D eigenvalue weighted by atomic mass is 9.82. The molecule has 1 fully saturated rings. The molecule has 0 heterocycles. The van der Waals surface area contributed by atoms with Gasteiger partial charge in [-0.05, 0) is 38.0 Å². The maximum Gasteiger partial charge on any atom is 0.308 e. The molecule has 0 saturated heterocycles. The van der Waals surface area contributed by atoms with Crippen LogP contribution in [0.4, 0.5) is 0 Å². The molecule has 3 nitrogen and oxygen atoms in total. The minimum Gasteiger partial charge on any atom is -0.465 e. The molecule has 1 rings (SSSR count). The highest BCUT2D eigenvalue weighted by molar-refractivity contribution is 5.72. The van der Waals surface area contributed by atoms with Crippen LogP contribution in [0.2, 0.25) is 0 Å². The van der Waals surface area contributed by atoms with Crippen molar-refractivity contribution in [2.24, 2.45) is 11.8 Å². The number of carbonyl (C=O) groups is 1. The number of hydrogen-bond donors (Lipinski definition) is 1. The Labute approximate surface area is 111 Å². The highest BCUT2D eigenvalue weighted by Gasteiger charge is 2.26. The van der Waals surface area contributed by atoms with Crippen LogP contribution in [0.3, 0.4) is 0 Å². The van der Waals surface area contributed by atoms with Crippen LogP contribution in [0.5, 0.6) is 0 Å². The first-order valence-electron chi connectivity index (χ1n) is 7.55. The molecule has 18 heavy (non-hydrogen) atoms. The Balaban J connectivity index is 2.03. The van der Waals surface area contributed by atoms with Crippen LogP contribution in [-0.2, 0) is 9.53 Å². The first-order chi connectivity index (χ1) is 8.77. The molecule has 0 aliphatic heterocycles. The predicted molar refractivity (Wildman–Crippen MR) is 72.3 cm³/mol. The second-order valence-electron chi connectivity index (χ2n) is 5.48. The van der Waals surface area contributed by atoms with E-state index < -0.39 is 0 Å². The fraction of sp³-hybridized carbons (Fsp3) is 0.933. The lowest BCUT2D eigenvalue weighted by Gasteiger charge is -2.25. The summed E-state index contributed by atoms with van der Waals surface area (Å²) >= 11 is 0. The summed E-state index contributed by atoms with van der Waals surface area (Å²) in [7, 11) is 0. The summed E-state index contributed by atoms with van der Waals surface area (Å²) in [6.07, 6.45) is 9.64. The molecule has 1 aliphatic rings. The number of rotatable bonds is 8. The molecule has 3 heteroatoms. The van der Waals surface area contributed by atoms with Crippen LogP contribution < -0.4 is 0 Å². The zero-order chi connectivity index (χ0) is 13.2. The van der Waals surface area contributed by atoms with Gasteiger partial charge in [0.25, 0.3) is 0 Å². The summed E-state index contributed by atoms with van der Waals surface area (Å²) < 4.78 is 5.33. The van der Waals surface area contributed by atoms with Gasteiger partial charge in [0.05, 0.1) is 12.5 Å². The lowest BCUT2D eigenvalue weighted by molar-refractivity contribution is -0.150. The number of carbonyl (C=O) groups excluding carboxylic acids is 1. The maximum absolute atomic E-state index is 11.8. The molecular formula is C15H28O3. The van der Waals surface area contributed by atoms with E-state index in [0.29, 0.717) is 12.5 Å². The summed E-state index contributed by atoms with van der Waals surface area (Å²) in [6, 6.07) is 0. The first kappa shape index (κ1) is 15.5. The molecule has 0 radical (unpaired) electrons. The van der Waals surface area contributed by atoms with Gasteiger partial charge in [0.2, 0.25) is 0 Å². The molecule has 0 unspecified atom stereocenters. The number of hydrogen-bond acceptors (Lipinski definition) is 3. The topological polar surface area (TPSA) is 46.5 Å². The molecule has 1 saturated carbocycles. The Hall–Kier alpha value is -0.570. The van der Waals surface area contributed by atoms with E-state index in [1.165, 1.54) is 25.7 Å². The van der Waals surface area contributed by atoms with Gasteiger partial charge < -0.3 is 9.84 Å². The molecule has 0 spiro atoms. The minimum absolute atomic E-state index is 0.0121. The third-order valence-corrected chi connectivity index (χ3v) is 3.93. The summed E-state index contributed by atoms with van der Waals surface area (Å²) in [6.45, 7) is 3.05. The van der Waals surface area contributed by atoms with Crippen molar-refractivity contribution in [2.45, 2.75) is 64.7 Å². The van der Waals surface area contributed by atoms with Crippen LogP contribution in [0, 0.1) is 11.8 Å². The number of unbranched alkanes of at least 4 members (excludes halogenated alkanes) is 4. The van der Waals surface area contributed by atoms with E-state index in [2.05, 4.69) is 6.92 Å². The van der Waals surface area contributed by atoms with Gasteiger partial charge in [-0.25, -0.2) is 0 Å². The molecule has 0 aromatic carbocycles. The van der Waals surface area contributed by atoms with Gasteiger partial charge in [0.1, 0.15) is 0 Å². The van der Waals surface area contributed by atoms with Crippen molar-refractivity contribution in [3.8, 4) is 0 Å². The first-order valence-corrected chi connectivity index (χ1v) is 7.55. The second kappa shape index (κ2) is 9.37. The predicted octanol–water partition coefficient (Wildman–Crippen LogP) is 3.30. The third kappa shape index (κ3) is 5.85. The zero-order valence-electron chi connectivity index (χ0n) is 11.7. The summed E-state index contributed by atoms with van der Waals surface area (Å²) in [5.74, 6) is 0.480. The van der Waals surface area contributed by atoms with E-state index in [9.17, 15) is 4.79 Å². The fourth-order valence-corrected chi connectivity index (χ4v) is 2.58. The van der Waals surface area contributed by atoms with Crippen LogP contribution in [0.25, 0.3) is 0 Å². The van der Waals surface area contributed by atoms with E-state index in [4.69, 9.17) is 9.84 Å². The lowest BCUT2D eigenvalue weighted by Crippen LogP contribution is -2.25. The fourth-order valence-electron chi connectivity index (χ4n) is 2.58. The molecule has 0 aromatic rings. The van der Waals surface area contributed by atoms with Crippen molar-refractivity contribution in [2.75, 3.05) is 13.2 Å². The number of ether oxygens (including phenoxy) is 1. The van der Waals surface area contributed by atoms with E-state index in [-0.39, 0.29) is 18.5 Å². The summed E-state index contributed by atoms with van der Waals surface area (Å²) in [4.78, 5) is 11.8. The molecule has 0 bridgehead atoms. The standard InChI is InChI=1S/C15H28O3/c1-2-3-4-5-6-11-18-15(17)14-9-7-13(12-16)8-10-14/h13-14,16H,2-12H2,1H3. The Morgan fingerprint density at radius 3 is 2.39 bits per heavy atom. The van der Waals surface area contributed by atoms with Crippen LogP contribution in [-0.4, -0.2) is 24.3 Å². The number of aliphatic hydroxyl groups excluding tert-OH is 1. The highest BCUT2D eigenvalue weighted by Crippen LogP contribution is 2.29. The molecule has 1 N–H and O–H groups in total. The Morgan fingerprint density at radius 2 is 1.78 bits per heavy atom. The van der Waals surface area contributed by atoms with Gasteiger partial charge in [0.15, 0.2) is 0 Å². The van der Waals surface area contributed by atoms with Gasteiger partial charge >= 0.3 is 5.97 Å². The van der Waals surface area contributed by atoms with Gasteiger partial charge in [0, 0.05) is 6.61 Å². The van der Waals surface area contributed by atoms with E-state index >= 15 is 0 Å². The molecule has 0 atom stereocenters. The van der Waals surface area contributed by atoms with E-state index in [1.54, 1.807) is 0 Å². The van der Waals surface area contributed by atoms with Crippen molar-refractivity contribution < 1.29 is 14.6 Å². The molecular weight excluding hydrogens is 228 g/mol. The molecule has 1 aliphatic carbocycles. The number of aliphatic hydroxyl groups is 1. The number of esters is 1.